The summed E-state index contributed by atoms with van der Waals surface area (Å²) in [6.07, 6.45) is 5.13. The standard InChI is InChI=1S/C14H19F2N/c1-10(17-9-8-11-4-2-5-11)12-6-3-7-13(15)14(12)16/h3,6-7,10-11,17H,2,4-5,8-9H2,1H3. The molecule has 0 bridgehead atoms. The van der Waals surface area contributed by atoms with Crippen LogP contribution in [-0.2, 0) is 0 Å². The highest BCUT2D eigenvalue weighted by molar-refractivity contribution is 5.21. The molecule has 1 aromatic rings. The Bertz CT molecular complexity index is 374. The van der Waals surface area contributed by atoms with Gasteiger partial charge in [-0.3, -0.25) is 0 Å². The molecule has 0 heterocycles. The maximum absolute atomic E-state index is 13.5. The lowest BCUT2D eigenvalue weighted by atomic mass is 9.83. The van der Waals surface area contributed by atoms with E-state index in [9.17, 15) is 8.78 Å². The van der Waals surface area contributed by atoms with Crippen LogP contribution >= 0.6 is 0 Å². The van der Waals surface area contributed by atoms with Crippen molar-refractivity contribution in [2.75, 3.05) is 6.54 Å². The first-order valence-electron chi connectivity index (χ1n) is 6.35. The highest BCUT2D eigenvalue weighted by Crippen LogP contribution is 2.29. The number of halogens is 2. The lowest BCUT2D eigenvalue weighted by Crippen LogP contribution is -2.24. The molecule has 1 aliphatic carbocycles. The van der Waals surface area contributed by atoms with Crippen LogP contribution in [0.15, 0.2) is 18.2 Å². The van der Waals surface area contributed by atoms with Gasteiger partial charge in [-0.05, 0) is 31.9 Å². The summed E-state index contributed by atoms with van der Waals surface area (Å²) in [6, 6.07) is 4.21. The van der Waals surface area contributed by atoms with Crippen LogP contribution in [0.5, 0.6) is 0 Å². The van der Waals surface area contributed by atoms with Crippen molar-refractivity contribution in [1.29, 1.82) is 0 Å². The van der Waals surface area contributed by atoms with Gasteiger partial charge in [0.15, 0.2) is 11.6 Å². The molecule has 1 nitrogen and oxygen atoms in total. The summed E-state index contributed by atoms with van der Waals surface area (Å²) >= 11 is 0. The van der Waals surface area contributed by atoms with E-state index in [0.29, 0.717) is 5.56 Å². The quantitative estimate of drug-likeness (QED) is 0.824. The van der Waals surface area contributed by atoms with Crippen LogP contribution in [-0.4, -0.2) is 6.54 Å². The minimum atomic E-state index is -0.768. The van der Waals surface area contributed by atoms with Crippen molar-refractivity contribution < 1.29 is 8.78 Å². The summed E-state index contributed by atoms with van der Waals surface area (Å²) in [4.78, 5) is 0. The molecular formula is C14H19F2N. The lowest BCUT2D eigenvalue weighted by Gasteiger charge is -2.26. The fourth-order valence-electron chi connectivity index (χ4n) is 2.25. The Hall–Kier alpha value is -0.960. The minimum absolute atomic E-state index is 0.134. The van der Waals surface area contributed by atoms with Crippen LogP contribution in [0.1, 0.15) is 44.2 Å². The van der Waals surface area contributed by atoms with Crippen molar-refractivity contribution in [2.45, 2.75) is 38.6 Å². The molecule has 1 fully saturated rings. The van der Waals surface area contributed by atoms with Gasteiger partial charge in [0.25, 0.3) is 0 Å². The lowest BCUT2D eigenvalue weighted by molar-refractivity contribution is 0.288. The van der Waals surface area contributed by atoms with Gasteiger partial charge in [-0.15, -0.1) is 0 Å². The number of rotatable bonds is 5. The summed E-state index contributed by atoms with van der Waals surface area (Å²) in [5.74, 6) is -0.654. The van der Waals surface area contributed by atoms with E-state index in [-0.39, 0.29) is 6.04 Å². The highest BCUT2D eigenvalue weighted by atomic mass is 19.2. The normalized spacial score (nSPS) is 17.8. The van der Waals surface area contributed by atoms with E-state index in [1.54, 1.807) is 12.1 Å². The molecule has 1 aromatic carbocycles. The third-order valence-electron chi connectivity index (χ3n) is 3.68. The molecular weight excluding hydrogens is 220 g/mol. The van der Waals surface area contributed by atoms with Gasteiger partial charge in [-0.2, -0.15) is 0 Å². The topological polar surface area (TPSA) is 12.0 Å². The second kappa shape index (κ2) is 5.58. The molecule has 1 saturated carbocycles. The molecule has 2 rings (SSSR count). The summed E-state index contributed by atoms with van der Waals surface area (Å²) in [5, 5.41) is 3.26. The van der Waals surface area contributed by atoms with Crippen molar-refractivity contribution in [1.82, 2.24) is 5.32 Å². The summed E-state index contributed by atoms with van der Waals surface area (Å²) < 4.78 is 26.6. The van der Waals surface area contributed by atoms with Gasteiger partial charge >= 0.3 is 0 Å². The molecule has 0 amide bonds. The van der Waals surface area contributed by atoms with Crippen molar-refractivity contribution in [3.63, 3.8) is 0 Å². The Morgan fingerprint density at radius 3 is 2.76 bits per heavy atom. The van der Waals surface area contributed by atoms with Gasteiger partial charge in [0.05, 0.1) is 0 Å². The molecule has 1 aliphatic rings. The van der Waals surface area contributed by atoms with Gasteiger partial charge in [-0.25, -0.2) is 8.78 Å². The van der Waals surface area contributed by atoms with Crippen molar-refractivity contribution >= 4 is 0 Å². The van der Waals surface area contributed by atoms with E-state index < -0.39 is 11.6 Å². The Labute approximate surface area is 101 Å². The zero-order valence-corrected chi connectivity index (χ0v) is 10.2. The Kier molecular flexibility index (Phi) is 4.11. The maximum Gasteiger partial charge on any atom is 0.163 e. The molecule has 1 unspecified atom stereocenters. The molecule has 3 heteroatoms. The van der Waals surface area contributed by atoms with Gasteiger partial charge < -0.3 is 5.32 Å². The van der Waals surface area contributed by atoms with Crippen LogP contribution in [0.2, 0.25) is 0 Å². The third-order valence-corrected chi connectivity index (χ3v) is 3.68. The van der Waals surface area contributed by atoms with E-state index >= 15 is 0 Å². The van der Waals surface area contributed by atoms with E-state index in [4.69, 9.17) is 0 Å². The average molecular weight is 239 g/mol. The Morgan fingerprint density at radius 1 is 1.35 bits per heavy atom. The monoisotopic (exact) mass is 239 g/mol. The Morgan fingerprint density at radius 2 is 2.12 bits per heavy atom. The first kappa shape index (κ1) is 12.5. The maximum atomic E-state index is 13.5. The molecule has 1 atom stereocenters. The minimum Gasteiger partial charge on any atom is -0.310 e. The fraction of sp³-hybridized carbons (Fsp3) is 0.571. The molecule has 0 aromatic heterocycles. The predicted octanol–water partition coefficient (Wildman–Crippen LogP) is 3.81. The first-order valence-corrected chi connectivity index (χ1v) is 6.35. The molecule has 94 valence electrons. The molecule has 0 aliphatic heterocycles. The number of nitrogens with one attached hydrogen (secondary N) is 1. The second-order valence-electron chi connectivity index (χ2n) is 4.90. The number of hydrogen-bond acceptors (Lipinski definition) is 1. The summed E-state index contributed by atoms with van der Waals surface area (Å²) in [7, 11) is 0. The van der Waals surface area contributed by atoms with Crippen molar-refractivity contribution in [3.05, 3.63) is 35.4 Å². The Balaban J connectivity index is 1.85. The highest BCUT2D eigenvalue weighted by Gasteiger charge is 2.18. The molecule has 0 spiro atoms. The largest absolute Gasteiger partial charge is 0.310 e. The first-order chi connectivity index (χ1) is 8.18. The van der Waals surface area contributed by atoms with Crippen LogP contribution in [0, 0.1) is 17.6 Å². The molecule has 0 radical (unpaired) electrons. The smallest absolute Gasteiger partial charge is 0.163 e. The van der Waals surface area contributed by atoms with Crippen LogP contribution in [0.3, 0.4) is 0 Å². The van der Waals surface area contributed by atoms with Gasteiger partial charge in [-0.1, -0.05) is 31.4 Å². The zero-order chi connectivity index (χ0) is 12.3. The van der Waals surface area contributed by atoms with Crippen molar-refractivity contribution in [2.24, 2.45) is 5.92 Å². The predicted molar refractivity (Wildman–Crippen MR) is 64.7 cm³/mol. The number of hydrogen-bond donors (Lipinski definition) is 1. The van der Waals surface area contributed by atoms with Crippen LogP contribution in [0.4, 0.5) is 8.78 Å². The third kappa shape index (κ3) is 3.03. The summed E-state index contributed by atoms with van der Waals surface area (Å²) in [6.45, 7) is 2.75. The van der Waals surface area contributed by atoms with E-state index in [1.165, 1.54) is 19.3 Å². The second-order valence-corrected chi connectivity index (χ2v) is 4.90. The van der Waals surface area contributed by atoms with Gasteiger partial charge in [0.2, 0.25) is 0 Å². The van der Waals surface area contributed by atoms with Gasteiger partial charge in [0, 0.05) is 11.6 Å². The average Bonchev–Trinajstić information content (AvgIpc) is 2.25. The van der Waals surface area contributed by atoms with Crippen LogP contribution in [0.25, 0.3) is 0 Å². The fourth-order valence-corrected chi connectivity index (χ4v) is 2.25. The summed E-state index contributed by atoms with van der Waals surface area (Å²) in [5.41, 5.74) is 0.415. The van der Waals surface area contributed by atoms with Crippen LogP contribution < -0.4 is 5.32 Å². The SMILES string of the molecule is CC(NCCC1CCC1)c1cccc(F)c1F. The van der Waals surface area contributed by atoms with E-state index in [2.05, 4.69) is 5.32 Å². The van der Waals surface area contributed by atoms with Crippen molar-refractivity contribution in [3.8, 4) is 0 Å². The van der Waals surface area contributed by atoms with E-state index in [0.717, 1.165) is 24.9 Å². The molecule has 0 saturated heterocycles. The zero-order valence-electron chi connectivity index (χ0n) is 10.2. The molecule has 17 heavy (non-hydrogen) atoms. The van der Waals surface area contributed by atoms with E-state index in [1.807, 2.05) is 6.92 Å². The molecule has 1 N–H and O–H groups in total. The number of benzene rings is 1. The van der Waals surface area contributed by atoms with Gasteiger partial charge in [0.1, 0.15) is 0 Å².